The van der Waals surface area contributed by atoms with Gasteiger partial charge in [-0.3, -0.25) is 10.1 Å². The third kappa shape index (κ3) is 0.765. The smallest absolute Gasteiger partial charge is 0.259 e. The summed E-state index contributed by atoms with van der Waals surface area (Å²) in [7, 11) is 0. The molecule has 48 valence electrons. The van der Waals surface area contributed by atoms with Crippen molar-refractivity contribution in [1.82, 2.24) is 0 Å². The van der Waals surface area contributed by atoms with Crippen LogP contribution in [-0.4, -0.2) is 17.2 Å². The number of nitrogens with two attached hydrogens (primary N) is 1. The van der Waals surface area contributed by atoms with E-state index >= 15 is 0 Å². The highest BCUT2D eigenvalue weighted by atomic mass is 16.6. The van der Waals surface area contributed by atoms with Gasteiger partial charge < -0.3 is 0 Å². The van der Waals surface area contributed by atoms with Crippen molar-refractivity contribution in [2.45, 2.75) is 5.91 Å². The fraction of sp³-hybridized carbons (Fsp3) is 0.500. The lowest BCUT2D eigenvalue weighted by Gasteiger charge is -2.01. The molecule has 0 amide bonds. The van der Waals surface area contributed by atoms with E-state index in [-0.39, 0.29) is 0 Å². The maximum absolute atomic E-state index is 9.94. The summed E-state index contributed by atoms with van der Waals surface area (Å²) in [6.45, 7) is 0. The fourth-order valence-electron chi connectivity index (χ4n) is 0.331. The Labute approximate surface area is 49.4 Å². The summed E-state index contributed by atoms with van der Waals surface area (Å²) in [5.74, 6) is -2.06. The summed E-state index contributed by atoms with van der Waals surface area (Å²) < 4.78 is 0. The van der Waals surface area contributed by atoms with Gasteiger partial charge in [-0.1, -0.05) is 5.11 Å². The second-order valence-corrected chi connectivity index (χ2v) is 1.40. The predicted octanol–water partition coefficient (Wildman–Crippen LogP) is -0.673. The van der Waals surface area contributed by atoms with Crippen LogP contribution < -0.4 is 5.73 Å². The van der Waals surface area contributed by atoms with E-state index in [0.717, 1.165) is 6.34 Å². The van der Waals surface area contributed by atoms with Crippen molar-refractivity contribution in [1.29, 1.82) is 0 Å². The zero-order valence-corrected chi connectivity index (χ0v) is 4.26. The Kier molecular flexibility index (Phi) is 0.995. The third-order valence-corrected chi connectivity index (χ3v) is 0.773. The van der Waals surface area contributed by atoms with Gasteiger partial charge in [0, 0.05) is 0 Å². The molecule has 0 aromatic carbocycles. The van der Waals surface area contributed by atoms with Crippen molar-refractivity contribution in [3.63, 3.8) is 0 Å². The number of nitrogens with zero attached hydrogens (tertiary/aromatic N) is 4. The molecule has 1 unspecified atom stereocenters. The first-order valence-corrected chi connectivity index (χ1v) is 2.04. The largest absolute Gasteiger partial charge is 0.492 e. The fourth-order valence-corrected chi connectivity index (χ4v) is 0.331. The SMILES string of the molecule is NC1([N+](=O)[O-])N=CN=N1. The van der Waals surface area contributed by atoms with Gasteiger partial charge in [-0.15, -0.1) is 5.11 Å². The maximum atomic E-state index is 9.94. The zero-order chi connectivity index (χ0) is 6.91. The summed E-state index contributed by atoms with van der Waals surface area (Å²) in [5, 5.41) is 16.1. The van der Waals surface area contributed by atoms with Gasteiger partial charge in [0.2, 0.25) is 0 Å². The minimum absolute atomic E-state index is 0.819. The Morgan fingerprint density at radius 3 is 2.67 bits per heavy atom. The molecule has 1 rings (SSSR count). The Balaban J connectivity index is 2.88. The molecule has 0 fully saturated rings. The van der Waals surface area contributed by atoms with Crippen LogP contribution in [0.5, 0.6) is 0 Å². The van der Waals surface area contributed by atoms with Gasteiger partial charge in [0.1, 0.15) is 6.34 Å². The quantitative estimate of drug-likeness (QED) is 0.288. The van der Waals surface area contributed by atoms with Crippen molar-refractivity contribution in [2.24, 2.45) is 21.0 Å². The van der Waals surface area contributed by atoms with E-state index in [0.29, 0.717) is 0 Å². The lowest BCUT2D eigenvalue weighted by atomic mass is 10.7. The van der Waals surface area contributed by atoms with Crippen LogP contribution in [0.3, 0.4) is 0 Å². The molecule has 0 aromatic rings. The Morgan fingerprint density at radius 2 is 2.44 bits per heavy atom. The van der Waals surface area contributed by atoms with E-state index in [1.165, 1.54) is 0 Å². The molecule has 2 N–H and O–H groups in total. The van der Waals surface area contributed by atoms with E-state index in [1.54, 1.807) is 0 Å². The van der Waals surface area contributed by atoms with Crippen LogP contribution in [-0.2, 0) is 0 Å². The average molecular weight is 129 g/mol. The first kappa shape index (κ1) is 5.76. The van der Waals surface area contributed by atoms with E-state index in [4.69, 9.17) is 5.73 Å². The van der Waals surface area contributed by atoms with E-state index in [9.17, 15) is 10.1 Å². The predicted molar refractivity (Wildman–Crippen MR) is 27.3 cm³/mol. The molecular weight excluding hydrogens is 126 g/mol. The lowest BCUT2D eigenvalue weighted by molar-refractivity contribution is -0.565. The summed E-state index contributed by atoms with van der Waals surface area (Å²) >= 11 is 0. The molecule has 7 heteroatoms. The van der Waals surface area contributed by atoms with Crippen molar-refractivity contribution in [2.75, 3.05) is 0 Å². The number of rotatable bonds is 1. The van der Waals surface area contributed by atoms with Gasteiger partial charge >= 0.3 is 5.91 Å². The van der Waals surface area contributed by atoms with Crippen LogP contribution >= 0.6 is 0 Å². The van der Waals surface area contributed by atoms with E-state index < -0.39 is 10.8 Å². The molecule has 1 aliphatic rings. The highest BCUT2D eigenvalue weighted by Gasteiger charge is 2.39. The third-order valence-electron chi connectivity index (χ3n) is 0.773. The van der Waals surface area contributed by atoms with Crippen LogP contribution in [0, 0.1) is 10.1 Å². The normalized spacial score (nSPS) is 31.2. The monoisotopic (exact) mass is 129 g/mol. The molecule has 0 radical (unpaired) electrons. The van der Waals surface area contributed by atoms with Gasteiger partial charge in [0.05, 0.1) is 4.92 Å². The van der Waals surface area contributed by atoms with Crippen LogP contribution in [0.15, 0.2) is 15.2 Å². The molecule has 1 heterocycles. The molecule has 0 bridgehead atoms. The van der Waals surface area contributed by atoms with Gasteiger partial charge in [0.15, 0.2) is 0 Å². The van der Waals surface area contributed by atoms with E-state index in [1.807, 2.05) is 0 Å². The molecule has 7 nitrogen and oxygen atoms in total. The first-order valence-electron chi connectivity index (χ1n) is 2.04. The van der Waals surface area contributed by atoms with Crippen LogP contribution in [0.25, 0.3) is 0 Å². The maximum Gasteiger partial charge on any atom is 0.492 e. The summed E-state index contributed by atoms with van der Waals surface area (Å²) in [5.41, 5.74) is 4.94. The van der Waals surface area contributed by atoms with Crippen molar-refractivity contribution < 1.29 is 4.92 Å². The Bertz CT molecular complexity index is 183. The van der Waals surface area contributed by atoms with Crippen LogP contribution in [0.1, 0.15) is 0 Å². The van der Waals surface area contributed by atoms with Crippen molar-refractivity contribution in [3.8, 4) is 0 Å². The van der Waals surface area contributed by atoms with Gasteiger partial charge in [-0.05, 0) is 0 Å². The molecule has 0 spiro atoms. The standard InChI is InChI=1S/C2H3N5O2/c3-2(7(8)9)4-1-5-6-2/h1H,3H2. The highest BCUT2D eigenvalue weighted by Crippen LogP contribution is 2.09. The summed E-state index contributed by atoms with van der Waals surface area (Å²) in [6, 6.07) is 0. The van der Waals surface area contributed by atoms with Crippen LogP contribution in [0.4, 0.5) is 0 Å². The second kappa shape index (κ2) is 1.55. The number of hydrogen-bond acceptors (Lipinski definition) is 6. The topological polar surface area (TPSA) is 106 Å². The van der Waals surface area contributed by atoms with E-state index in [2.05, 4.69) is 15.2 Å². The molecule has 0 saturated heterocycles. The number of azo groups is 1. The van der Waals surface area contributed by atoms with Crippen molar-refractivity contribution >= 4 is 6.34 Å². The lowest BCUT2D eigenvalue weighted by Crippen LogP contribution is -2.42. The average Bonchev–Trinajstić information content (AvgIpc) is 2.16. The summed E-state index contributed by atoms with van der Waals surface area (Å²) in [4.78, 5) is 12.3. The zero-order valence-electron chi connectivity index (χ0n) is 4.26. The molecule has 0 aromatic heterocycles. The molecule has 1 aliphatic heterocycles. The van der Waals surface area contributed by atoms with Gasteiger partial charge in [0.25, 0.3) is 0 Å². The number of hydrogen-bond donors (Lipinski definition) is 1. The first-order chi connectivity index (χ1) is 4.15. The Morgan fingerprint density at radius 1 is 1.78 bits per heavy atom. The number of aliphatic imine (C=N–C) groups is 1. The summed E-state index contributed by atoms with van der Waals surface area (Å²) in [6.07, 6.45) is 0.947. The second-order valence-electron chi connectivity index (χ2n) is 1.40. The molecule has 0 aliphatic carbocycles. The molecular formula is C2H3N5O2. The Hall–Kier alpha value is -1.37. The minimum atomic E-state index is -2.06. The molecule has 1 atom stereocenters. The molecule has 9 heavy (non-hydrogen) atoms. The highest BCUT2D eigenvalue weighted by molar-refractivity contribution is 5.56. The molecule has 0 saturated carbocycles. The minimum Gasteiger partial charge on any atom is -0.259 e. The van der Waals surface area contributed by atoms with Gasteiger partial charge in [-0.25, -0.2) is 5.73 Å². The van der Waals surface area contributed by atoms with Crippen LogP contribution in [0.2, 0.25) is 0 Å². The number of nitro groups is 1. The van der Waals surface area contributed by atoms with Gasteiger partial charge in [-0.2, -0.15) is 4.99 Å². The van der Waals surface area contributed by atoms with Crippen molar-refractivity contribution in [3.05, 3.63) is 10.1 Å².